The van der Waals surface area contributed by atoms with Crippen molar-refractivity contribution in [2.24, 2.45) is 0 Å². The van der Waals surface area contributed by atoms with Crippen LogP contribution >= 0.6 is 7.82 Å². The fourth-order valence-corrected chi connectivity index (χ4v) is 9.28. The topological polar surface area (TPSA) is 203 Å². The third-order valence-corrected chi connectivity index (χ3v) is 13.9. The Morgan fingerprint density at radius 2 is 0.506 bits per heavy atom. The minimum Gasteiger partial charge on any atom is -0.462 e. The van der Waals surface area contributed by atoms with Gasteiger partial charge in [0.2, 0.25) is 0 Å². The number of hydrogen-bond donors (Lipinski definition) is 0. The van der Waals surface area contributed by atoms with Crippen LogP contribution in [0.2, 0.25) is 0 Å². The minimum atomic E-state index is -4.77. The molecule has 452 valence electrons. The van der Waals surface area contributed by atoms with Crippen molar-refractivity contribution in [2.45, 2.75) is 157 Å². The van der Waals surface area contributed by atoms with Crippen LogP contribution in [0.3, 0.4) is 0 Å². The highest BCUT2D eigenvalue weighted by atomic mass is 31.2. The molecule has 0 radical (unpaired) electrons. The van der Waals surface area contributed by atoms with Crippen molar-refractivity contribution < 1.29 is 75.3 Å². The van der Waals surface area contributed by atoms with Gasteiger partial charge in [0.15, 0.2) is 0 Å². The summed E-state index contributed by atoms with van der Waals surface area (Å²) in [5.74, 6) is -2.09. The lowest BCUT2D eigenvalue weighted by atomic mass is 10.0. The molecule has 0 aromatic heterocycles. The molecule has 0 N–H and O–H groups in total. The Hall–Kier alpha value is -7.45. The highest BCUT2D eigenvalue weighted by molar-refractivity contribution is 7.49. The Bertz CT molecular complexity index is 2520. The Balaban J connectivity index is 2.16. The van der Waals surface area contributed by atoms with Crippen molar-refractivity contribution in [3.8, 4) is 17.2 Å². The van der Waals surface area contributed by atoms with Crippen LogP contribution in [0.25, 0.3) is 0 Å². The van der Waals surface area contributed by atoms with E-state index in [4.69, 9.17) is 42.0 Å². The second-order valence-corrected chi connectivity index (χ2v) is 22.2. The molecule has 3 rings (SSSR count). The van der Waals surface area contributed by atoms with E-state index in [0.29, 0.717) is 166 Å². The average Bonchev–Trinajstić information content (AvgIpc) is 3.64. The number of ether oxygens (including phenoxy) is 6. The first kappa shape index (κ1) is 69.8. The van der Waals surface area contributed by atoms with E-state index in [1.165, 1.54) is 0 Å². The summed E-state index contributed by atoms with van der Waals surface area (Å²) in [7, 11) is -4.77. The van der Waals surface area contributed by atoms with Crippen LogP contribution in [0.4, 0.5) is 0 Å². The standard InChI is InChI=1S/C66H87O16P/c1-46(2)61(67)74-37-19-13-25-52-31-34-58(55(43-52)28-16-22-40-77-64(70)49(7)8)80-83(73,81-59-35-32-53(26-14-20-38-75-62(68)47(3)4)44-56(59)29-17-23-41-78-65(71)50(9)10)82-60-36-33-54(27-15-21-39-76-63(69)48(5)6)45-57(60)30-18-24-42-79-66(72)51(11)12/h31-36,43-45H,1,3,5,7,9,11,13-30,37-42H2,2,4,6,8,10,12H3. The zero-order valence-corrected chi connectivity index (χ0v) is 50.8. The van der Waals surface area contributed by atoms with Crippen LogP contribution in [0, 0.1) is 0 Å². The summed E-state index contributed by atoms with van der Waals surface area (Å²) in [6, 6.07) is 16.7. The van der Waals surface area contributed by atoms with Crippen LogP contribution in [-0.4, -0.2) is 75.5 Å². The molecule has 0 saturated heterocycles. The maximum absolute atomic E-state index is 16.0. The van der Waals surface area contributed by atoms with E-state index in [9.17, 15) is 28.8 Å². The summed E-state index contributed by atoms with van der Waals surface area (Å²) in [5, 5.41) is 0. The van der Waals surface area contributed by atoms with E-state index in [1.54, 1.807) is 59.7 Å². The normalized spacial score (nSPS) is 10.9. The Morgan fingerprint density at radius 1 is 0.313 bits per heavy atom. The lowest BCUT2D eigenvalue weighted by molar-refractivity contribution is -0.139. The molecular weight excluding hydrogens is 1080 g/mol. The Labute approximate surface area is 491 Å². The number of phosphoric acid groups is 1. The molecule has 0 fully saturated rings. The van der Waals surface area contributed by atoms with Gasteiger partial charge < -0.3 is 42.0 Å². The second-order valence-electron chi connectivity index (χ2n) is 20.8. The van der Waals surface area contributed by atoms with Crippen molar-refractivity contribution in [1.82, 2.24) is 0 Å². The van der Waals surface area contributed by atoms with E-state index < -0.39 is 43.6 Å². The second kappa shape index (κ2) is 37.6. The Kier molecular flexibility index (Phi) is 31.6. The molecular formula is C66H87O16P. The summed E-state index contributed by atoms with van der Waals surface area (Å²) >= 11 is 0. The first-order valence-electron chi connectivity index (χ1n) is 28.5. The van der Waals surface area contributed by atoms with Gasteiger partial charge in [-0.25, -0.2) is 28.8 Å². The van der Waals surface area contributed by atoms with Crippen LogP contribution in [-0.2, 0) is 100 Å². The van der Waals surface area contributed by atoms with E-state index in [2.05, 4.69) is 39.5 Å². The predicted molar refractivity (Wildman–Crippen MR) is 321 cm³/mol. The number of aryl methyl sites for hydroxylation is 6. The fraction of sp³-hybridized carbons (Fsp3) is 0.455. The summed E-state index contributed by atoms with van der Waals surface area (Å²) < 4.78 is 68.1. The summed E-state index contributed by atoms with van der Waals surface area (Å²) in [5.41, 5.74) is 6.77. The first-order chi connectivity index (χ1) is 39.5. The smallest absolute Gasteiger partial charge is 0.462 e. The van der Waals surface area contributed by atoms with Gasteiger partial charge in [-0.15, -0.1) is 0 Å². The number of phosphoric ester groups is 1. The predicted octanol–water partition coefficient (Wildman–Crippen LogP) is 14.0. The molecule has 0 unspecified atom stereocenters. The molecule has 16 nitrogen and oxygen atoms in total. The average molecular weight is 1170 g/mol. The van der Waals surface area contributed by atoms with Crippen LogP contribution in [0.5, 0.6) is 17.2 Å². The molecule has 17 heteroatoms. The molecule has 0 aliphatic heterocycles. The van der Waals surface area contributed by atoms with Gasteiger partial charge >= 0.3 is 43.6 Å². The van der Waals surface area contributed by atoms with Gasteiger partial charge in [0.05, 0.1) is 39.6 Å². The first-order valence-corrected chi connectivity index (χ1v) is 29.9. The zero-order valence-electron chi connectivity index (χ0n) is 49.9. The van der Waals surface area contributed by atoms with Crippen molar-refractivity contribution >= 4 is 43.6 Å². The van der Waals surface area contributed by atoms with Gasteiger partial charge in [0.25, 0.3) is 0 Å². The van der Waals surface area contributed by atoms with Crippen molar-refractivity contribution in [3.63, 3.8) is 0 Å². The number of carbonyl (C=O) groups excluding carboxylic acids is 6. The molecule has 0 aliphatic rings. The number of rotatable bonds is 42. The highest BCUT2D eigenvalue weighted by Crippen LogP contribution is 2.52. The lowest BCUT2D eigenvalue weighted by Gasteiger charge is -2.24. The summed E-state index contributed by atoms with van der Waals surface area (Å²) in [6.07, 6.45) is 10.2. The largest absolute Gasteiger partial charge is 0.647 e. The monoisotopic (exact) mass is 1170 g/mol. The Morgan fingerprint density at radius 3 is 0.699 bits per heavy atom. The van der Waals surface area contributed by atoms with Crippen molar-refractivity contribution in [1.29, 1.82) is 0 Å². The molecule has 0 aliphatic carbocycles. The minimum absolute atomic E-state index is 0.157. The van der Waals surface area contributed by atoms with Crippen LogP contribution in [0.1, 0.15) is 152 Å². The number of carbonyl (C=O) groups is 6. The molecule has 0 spiro atoms. The maximum atomic E-state index is 16.0. The number of benzene rings is 3. The molecule has 3 aromatic carbocycles. The number of hydrogen-bond acceptors (Lipinski definition) is 16. The lowest BCUT2D eigenvalue weighted by Crippen LogP contribution is -2.12. The van der Waals surface area contributed by atoms with Gasteiger partial charge in [0.1, 0.15) is 17.2 Å². The zero-order chi connectivity index (χ0) is 61.3. The van der Waals surface area contributed by atoms with Gasteiger partial charge in [-0.05, 0) is 209 Å². The van der Waals surface area contributed by atoms with Crippen molar-refractivity contribution in [3.05, 3.63) is 161 Å². The van der Waals surface area contributed by atoms with Gasteiger partial charge in [0, 0.05) is 33.4 Å². The molecule has 0 bridgehead atoms. The molecule has 0 atom stereocenters. The van der Waals surface area contributed by atoms with E-state index in [0.717, 1.165) is 16.7 Å². The highest BCUT2D eigenvalue weighted by Gasteiger charge is 2.36. The quantitative estimate of drug-likeness (QED) is 0.0170. The van der Waals surface area contributed by atoms with E-state index >= 15 is 4.57 Å². The van der Waals surface area contributed by atoms with E-state index in [-0.39, 0.29) is 56.9 Å². The van der Waals surface area contributed by atoms with Crippen LogP contribution < -0.4 is 13.6 Å². The fourth-order valence-electron chi connectivity index (χ4n) is 7.91. The SMILES string of the molecule is C=C(C)C(=O)OCCCCc1ccc(OP(=O)(Oc2ccc(CCCCOC(=O)C(=C)C)cc2CCCCOC(=O)C(=C)C)Oc2ccc(CCCCOC(=O)C(=C)C)cc2CCCCOC(=O)C(=C)C)c(CCCCOC(=O)C(=C)C)c1. The molecule has 0 amide bonds. The number of unbranched alkanes of at least 4 members (excludes halogenated alkanes) is 6. The number of esters is 6. The van der Waals surface area contributed by atoms with Crippen LogP contribution in [0.15, 0.2) is 128 Å². The molecule has 83 heavy (non-hydrogen) atoms. The third-order valence-electron chi connectivity index (χ3n) is 12.6. The van der Waals surface area contributed by atoms with E-state index in [1.807, 2.05) is 36.4 Å². The molecule has 0 heterocycles. The molecule has 0 saturated carbocycles. The van der Waals surface area contributed by atoms with Gasteiger partial charge in [-0.3, -0.25) is 0 Å². The summed E-state index contributed by atoms with van der Waals surface area (Å²) in [4.78, 5) is 72.7. The van der Waals surface area contributed by atoms with Crippen molar-refractivity contribution in [2.75, 3.05) is 39.6 Å². The third kappa shape index (κ3) is 27.9. The van der Waals surface area contributed by atoms with Gasteiger partial charge in [-0.2, -0.15) is 4.57 Å². The van der Waals surface area contributed by atoms with Gasteiger partial charge in [-0.1, -0.05) is 75.9 Å². The maximum Gasteiger partial charge on any atom is 0.647 e. The molecule has 3 aromatic rings. The summed E-state index contributed by atoms with van der Waals surface area (Å²) in [6.45, 7) is 32.7.